The predicted molar refractivity (Wildman–Crippen MR) is 92.1 cm³/mol. The minimum atomic E-state index is -1.70. The van der Waals surface area contributed by atoms with Crippen molar-refractivity contribution in [2.24, 2.45) is 0 Å². The van der Waals surface area contributed by atoms with E-state index in [1.165, 1.54) is 16.9 Å². The van der Waals surface area contributed by atoms with Gasteiger partial charge in [-0.1, -0.05) is 17.7 Å². The van der Waals surface area contributed by atoms with Crippen molar-refractivity contribution in [2.75, 3.05) is 0 Å². The Labute approximate surface area is 134 Å². The second-order valence-corrected chi connectivity index (χ2v) is 12.8. The number of hydrogen-bond donors (Lipinski definition) is 0. The molecule has 1 fully saturated rings. The molecule has 2 atom stereocenters. The van der Waals surface area contributed by atoms with Crippen molar-refractivity contribution in [2.45, 2.75) is 68.0 Å². The summed E-state index contributed by atoms with van der Waals surface area (Å²) >= 11 is 1.90. The van der Waals surface area contributed by atoms with Gasteiger partial charge in [0.15, 0.2) is 8.32 Å². The maximum Gasteiger partial charge on any atom is 0.185 e. The van der Waals surface area contributed by atoms with Gasteiger partial charge in [-0.15, -0.1) is 11.8 Å². The Morgan fingerprint density at radius 2 is 1.95 bits per heavy atom. The molecule has 2 unspecified atom stereocenters. The van der Waals surface area contributed by atoms with Gasteiger partial charge in [-0.2, -0.15) is 5.26 Å². The Balaban J connectivity index is 2.05. The van der Waals surface area contributed by atoms with Crippen LogP contribution >= 0.6 is 11.8 Å². The van der Waals surface area contributed by atoms with Gasteiger partial charge in [-0.25, -0.2) is 0 Å². The molecule has 114 valence electrons. The zero-order valence-corrected chi connectivity index (χ0v) is 15.3. The molecule has 21 heavy (non-hydrogen) atoms. The van der Waals surface area contributed by atoms with Crippen LogP contribution in [0.5, 0.6) is 0 Å². The van der Waals surface area contributed by atoms with E-state index in [9.17, 15) is 5.26 Å². The molecule has 0 N–H and O–H groups in total. The number of hydrogen-bond acceptors (Lipinski definition) is 3. The third-order valence-electron chi connectivity index (χ3n) is 3.69. The van der Waals surface area contributed by atoms with E-state index in [1.807, 2.05) is 11.8 Å². The Morgan fingerprint density at radius 1 is 1.29 bits per heavy atom. The first-order valence-electron chi connectivity index (χ1n) is 7.67. The second-order valence-electron chi connectivity index (χ2n) is 6.97. The topological polar surface area (TPSA) is 33.0 Å². The number of nitrogens with zero attached hydrogens (tertiary/aromatic N) is 1. The maximum atomic E-state index is 9.66. The Morgan fingerprint density at radius 3 is 2.52 bits per heavy atom. The van der Waals surface area contributed by atoms with Crippen LogP contribution in [0.4, 0.5) is 0 Å². The smallest absolute Gasteiger partial charge is 0.185 e. The summed E-state index contributed by atoms with van der Waals surface area (Å²) in [6.45, 7) is 8.62. The summed E-state index contributed by atoms with van der Waals surface area (Å²) in [5.74, 6) is 0. The molecule has 0 radical (unpaired) electrons. The summed E-state index contributed by atoms with van der Waals surface area (Å²) in [6, 6.07) is 11.2. The summed E-state index contributed by atoms with van der Waals surface area (Å²) in [4.78, 5) is 1.30. The molecule has 1 aliphatic carbocycles. The largest absolute Gasteiger partial charge is 0.400 e. The molecule has 1 aliphatic rings. The summed E-state index contributed by atoms with van der Waals surface area (Å²) in [5.41, 5.74) is 0.738. The number of rotatable bonds is 4. The highest BCUT2D eigenvalue weighted by Gasteiger charge is 2.41. The van der Waals surface area contributed by atoms with Gasteiger partial charge < -0.3 is 4.43 Å². The van der Waals surface area contributed by atoms with Crippen molar-refractivity contribution in [1.82, 2.24) is 0 Å². The Hall–Kier alpha value is -0.763. The minimum Gasteiger partial charge on any atom is -0.400 e. The third-order valence-corrected chi connectivity index (χ3v) is 5.98. The van der Waals surface area contributed by atoms with Crippen LogP contribution in [0.25, 0.3) is 0 Å². The van der Waals surface area contributed by atoms with Crippen molar-refractivity contribution in [3.63, 3.8) is 0 Å². The second kappa shape index (κ2) is 6.56. The Kier molecular flexibility index (Phi) is 5.18. The van der Waals surface area contributed by atoms with E-state index in [0.717, 1.165) is 19.3 Å². The number of benzene rings is 1. The molecule has 4 heteroatoms. The monoisotopic (exact) mass is 319 g/mol. The first-order chi connectivity index (χ1) is 9.82. The standard InChI is InChI=1S/C17H25NOSSi/c1-14-7-9-15(10-8-14)20-16-6-5-11-17(12-16,13-18)19-21(2,3)4/h7-10,16H,5-6,11-12H2,1-4H3. The molecule has 2 nitrogen and oxygen atoms in total. The predicted octanol–water partition coefficient (Wildman–Crippen LogP) is 5.14. The van der Waals surface area contributed by atoms with E-state index in [-0.39, 0.29) is 0 Å². The molecule has 1 aromatic rings. The van der Waals surface area contributed by atoms with Crippen LogP contribution in [0.2, 0.25) is 19.6 Å². The van der Waals surface area contributed by atoms with E-state index in [2.05, 4.69) is 56.9 Å². The van der Waals surface area contributed by atoms with Crippen molar-refractivity contribution in [3.05, 3.63) is 29.8 Å². The molecule has 0 bridgehead atoms. The van der Waals surface area contributed by atoms with Gasteiger partial charge in [0.05, 0.1) is 6.07 Å². The van der Waals surface area contributed by atoms with Crippen molar-refractivity contribution in [1.29, 1.82) is 5.26 Å². The normalized spacial score (nSPS) is 26.3. The van der Waals surface area contributed by atoms with E-state index in [0.29, 0.717) is 5.25 Å². The molecule has 1 saturated carbocycles. The number of thioether (sulfide) groups is 1. The highest BCUT2D eigenvalue weighted by Crippen LogP contribution is 2.41. The first-order valence-corrected chi connectivity index (χ1v) is 12.0. The Bertz CT molecular complexity index is 517. The quantitative estimate of drug-likeness (QED) is 0.720. The summed E-state index contributed by atoms with van der Waals surface area (Å²) in [6.07, 6.45) is 4.00. The average Bonchev–Trinajstić information content (AvgIpc) is 2.40. The highest BCUT2D eigenvalue weighted by atomic mass is 32.2. The highest BCUT2D eigenvalue weighted by molar-refractivity contribution is 8.00. The van der Waals surface area contributed by atoms with E-state index < -0.39 is 13.9 Å². The van der Waals surface area contributed by atoms with Crippen LogP contribution in [0, 0.1) is 18.3 Å². The lowest BCUT2D eigenvalue weighted by Gasteiger charge is -2.39. The zero-order chi connectivity index (χ0) is 15.5. The molecule has 1 aromatic carbocycles. The molecule has 0 amide bonds. The molecular formula is C17H25NOSSi. The fourth-order valence-corrected chi connectivity index (χ4v) is 5.62. The minimum absolute atomic E-state index is 0.484. The van der Waals surface area contributed by atoms with E-state index in [1.54, 1.807) is 0 Å². The molecule has 0 heterocycles. The average molecular weight is 320 g/mol. The summed E-state index contributed by atoms with van der Waals surface area (Å²) < 4.78 is 6.27. The fourth-order valence-electron chi connectivity index (χ4n) is 2.90. The number of aryl methyl sites for hydroxylation is 1. The first kappa shape index (κ1) is 16.6. The summed E-state index contributed by atoms with van der Waals surface area (Å²) in [5, 5.41) is 10.1. The van der Waals surface area contributed by atoms with Crippen LogP contribution in [-0.4, -0.2) is 19.2 Å². The van der Waals surface area contributed by atoms with Gasteiger partial charge in [0, 0.05) is 16.6 Å². The fraction of sp³-hybridized carbons (Fsp3) is 0.588. The zero-order valence-electron chi connectivity index (χ0n) is 13.5. The lowest BCUT2D eigenvalue weighted by atomic mass is 9.86. The number of nitriles is 1. The molecule has 0 saturated heterocycles. The van der Waals surface area contributed by atoms with Crippen LogP contribution < -0.4 is 0 Å². The molecule has 0 aliphatic heterocycles. The van der Waals surface area contributed by atoms with Gasteiger partial charge in [0.25, 0.3) is 0 Å². The third kappa shape index (κ3) is 4.88. The van der Waals surface area contributed by atoms with Crippen LogP contribution in [0.15, 0.2) is 29.2 Å². The van der Waals surface area contributed by atoms with E-state index >= 15 is 0 Å². The van der Waals surface area contributed by atoms with E-state index in [4.69, 9.17) is 4.43 Å². The molecule has 0 spiro atoms. The van der Waals surface area contributed by atoms with Gasteiger partial charge in [0.2, 0.25) is 0 Å². The van der Waals surface area contributed by atoms with Crippen LogP contribution in [-0.2, 0) is 4.43 Å². The van der Waals surface area contributed by atoms with Crippen molar-refractivity contribution < 1.29 is 4.43 Å². The van der Waals surface area contributed by atoms with Gasteiger partial charge in [-0.05, 0) is 58.0 Å². The van der Waals surface area contributed by atoms with Gasteiger partial charge in [-0.3, -0.25) is 0 Å². The summed E-state index contributed by atoms with van der Waals surface area (Å²) in [7, 11) is -1.70. The molecule has 0 aromatic heterocycles. The lowest BCUT2D eigenvalue weighted by molar-refractivity contribution is 0.0801. The van der Waals surface area contributed by atoms with Crippen molar-refractivity contribution in [3.8, 4) is 6.07 Å². The van der Waals surface area contributed by atoms with Crippen LogP contribution in [0.3, 0.4) is 0 Å². The maximum absolute atomic E-state index is 9.66. The van der Waals surface area contributed by atoms with Gasteiger partial charge in [0.1, 0.15) is 5.60 Å². The SMILES string of the molecule is Cc1ccc(SC2CCCC(C#N)(O[Si](C)(C)C)C2)cc1. The molecule has 2 rings (SSSR count). The molecular weight excluding hydrogens is 294 g/mol. The van der Waals surface area contributed by atoms with Crippen LogP contribution in [0.1, 0.15) is 31.2 Å². The lowest BCUT2D eigenvalue weighted by Crippen LogP contribution is -2.45. The van der Waals surface area contributed by atoms with Gasteiger partial charge >= 0.3 is 0 Å². The van der Waals surface area contributed by atoms with Crippen molar-refractivity contribution >= 4 is 20.1 Å².